The van der Waals surface area contributed by atoms with Crippen molar-refractivity contribution in [3.63, 3.8) is 0 Å². The van der Waals surface area contributed by atoms with Crippen molar-refractivity contribution >= 4 is 11.8 Å². The van der Waals surface area contributed by atoms with Crippen molar-refractivity contribution < 1.29 is 14.3 Å². The third-order valence-corrected chi connectivity index (χ3v) is 5.16. The number of hydrogen-bond donors (Lipinski definition) is 1. The Balaban J connectivity index is 1.58. The van der Waals surface area contributed by atoms with E-state index in [1.54, 1.807) is 29.2 Å². The van der Waals surface area contributed by atoms with Crippen LogP contribution in [0.3, 0.4) is 0 Å². The van der Waals surface area contributed by atoms with E-state index in [-0.39, 0.29) is 18.6 Å². The summed E-state index contributed by atoms with van der Waals surface area (Å²) >= 11 is 0. The number of para-hydroxylation sites is 1. The SMILES string of the molecule is CN(C(=O)c1ccccc1OCC(N)=O)C1CCN(Cc2ccccc2)CC1. The van der Waals surface area contributed by atoms with Crippen molar-refractivity contribution in [2.24, 2.45) is 5.73 Å². The molecule has 1 aliphatic heterocycles. The number of nitrogens with zero attached hydrogens (tertiary/aromatic N) is 2. The predicted octanol–water partition coefficient (Wildman–Crippen LogP) is 2.29. The molecule has 0 aromatic heterocycles. The van der Waals surface area contributed by atoms with E-state index >= 15 is 0 Å². The lowest BCUT2D eigenvalue weighted by Crippen LogP contribution is -2.45. The summed E-state index contributed by atoms with van der Waals surface area (Å²) in [7, 11) is 1.84. The maximum absolute atomic E-state index is 13.0. The normalized spacial score (nSPS) is 15.2. The molecule has 0 radical (unpaired) electrons. The zero-order chi connectivity index (χ0) is 19.9. The van der Waals surface area contributed by atoms with E-state index in [2.05, 4.69) is 29.2 Å². The van der Waals surface area contributed by atoms with Gasteiger partial charge in [-0.15, -0.1) is 0 Å². The second-order valence-electron chi connectivity index (χ2n) is 7.16. The van der Waals surface area contributed by atoms with Gasteiger partial charge in [-0.05, 0) is 30.5 Å². The summed E-state index contributed by atoms with van der Waals surface area (Å²) in [6.45, 7) is 2.61. The van der Waals surface area contributed by atoms with Gasteiger partial charge in [-0.1, -0.05) is 42.5 Å². The van der Waals surface area contributed by atoms with Gasteiger partial charge in [0.1, 0.15) is 5.75 Å². The standard InChI is InChI=1S/C22H27N3O3/c1-24(22(27)19-9-5-6-10-20(19)28-16-21(23)26)18-11-13-25(14-12-18)15-17-7-3-2-4-8-17/h2-10,18H,11-16H2,1H3,(H2,23,26). The van der Waals surface area contributed by atoms with Crippen LogP contribution < -0.4 is 10.5 Å². The van der Waals surface area contributed by atoms with Crippen LogP contribution in [0.25, 0.3) is 0 Å². The fraction of sp³-hybridized carbons (Fsp3) is 0.364. The fourth-order valence-electron chi connectivity index (χ4n) is 3.58. The van der Waals surface area contributed by atoms with Gasteiger partial charge in [0.25, 0.3) is 11.8 Å². The van der Waals surface area contributed by atoms with E-state index in [1.807, 2.05) is 13.1 Å². The number of carbonyl (C=O) groups is 2. The first-order valence-electron chi connectivity index (χ1n) is 9.58. The van der Waals surface area contributed by atoms with E-state index < -0.39 is 5.91 Å². The average Bonchev–Trinajstić information content (AvgIpc) is 2.73. The van der Waals surface area contributed by atoms with Gasteiger partial charge < -0.3 is 15.4 Å². The first-order chi connectivity index (χ1) is 13.5. The largest absolute Gasteiger partial charge is 0.483 e. The predicted molar refractivity (Wildman–Crippen MR) is 108 cm³/mol. The van der Waals surface area contributed by atoms with Crippen LogP contribution in [0, 0.1) is 0 Å². The molecule has 0 saturated carbocycles. The highest BCUT2D eigenvalue weighted by molar-refractivity contribution is 5.97. The molecule has 2 aromatic carbocycles. The van der Waals surface area contributed by atoms with E-state index in [9.17, 15) is 9.59 Å². The Labute approximate surface area is 165 Å². The molecule has 1 aliphatic rings. The second-order valence-corrected chi connectivity index (χ2v) is 7.16. The molecule has 0 unspecified atom stereocenters. The topological polar surface area (TPSA) is 75.9 Å². The highest BCUT2D eigenvalue weighted by atomic mass is 16.5. The number of primary amides is 1. The average molecular weight is 381 g/mol. The Kier molecular flexibility index (Phi) is 6.66. The Morgan fingerprint density at radius 3 is 2.39 bits per heavy atom. The summed E-state index contributed by atoms with van der Waals surface area (Å²) in [6, 6.07) is 17.6. The quantitative estimate of drug-likeness (QED) is 0.798. The van der Waals surface area contributed by atoms with E-state index in [1.165, 1.54) is 5.56 Å². The molecule has 6 heteroatoms. The third kappa shape index (κ3) is 5.10. The zero-order valence-corrected chi connectivity index (χ0v) is 16.2. The minimum absolute atomic E-state index is 0.0958. The third-order valence-electron chi connectivity index (χ3n) is 5.16. The van der Waals surface area contributed by atoms with Gasteiger partial charge in [0, 0.05) is 32.7 Å². The molecule has 0 aliphatic carbocycles. The number of amides is 2. The van der Waals surface area contributed by atoms with E-state index in [0.717, 1.165) is 32.5 Å². The molecule has 6 nitrogen and oxygen atoms in total. The fourth-order valence-corrected chi connectivity index (χ4v) is 3.58. The summed E-state index contributed by atoms with van der Waals surface area (Å²) in [5.41, 5.74) is 6.91. The highest BCUT2D eigenvalue weighted by Gasteiger charge is 2.27. The number of ether oxygens (including phenoxy) is 1. The first kappa shape index (κ1) is 19.9. The molecule has 0 spiro atoms. The van der Waals surface area contributed by atoms with Gasteiger partial charge >= 0.3 is 0 Å². The Bertz CT molecular complexity index is 802. The lowest BCUT2D eigenvalue weighted by molar-refractivity contribution is -0.119. The van der Waals surface area contributed by atoms with Crippen LogP contribution in [-0.4, -0.2) is 54.4 Å². The molecule has 1 heterocycles. The Morgan fingerprint density at radius 1 is 1.07 bits per heavy atom. The van der Waals surface area contributed by atoms with Gasteiger partial charge in [0.05, 0.1) is 5.56 Å². The summed E-state index contributed by atoms with van der Waals surface area (Å²) in [4.78, 5) is 28.2. The minimum atomic E-state index is -0.568. The van der Waals surface area contributed by atoms with Gasteiger partial charge in [-0.25, -0.2) is 0 Å². The van der Waals surface area contributed by atoms with Crippen LogP contribution in [0.4, 0.5) is 0 Å². The number of carbonyl (C=O) groups excluding carboxylic acids is 2. The van der Waals surface area contributed by atoms with Crippen molar-refractivity contribution in [2.45, 2.75) is 25.4 Å². The molecule has 0 bridgehead atoms. The maximum atomic E-state index is 13.0. The van der Waals surface area contributed by atoms with Crippen LogP contribution in [0.5, 0.6) is 5.75 Å². The first-order valence-corrected chi connectivity index (χ1v) is 9.58. The number of piperidine rings is 1. The van der Waals surface area contributed by atoms with Crippen molar-refractivity contribution in [1.29, 1.82) is 0 Å². The van der Waals surface area contributed by atoms with Crippen molar-refractivity contribution in [2.75, 3.05) is 26.7 Å². The molecule has 28 heavy (non-hydrogen) atoms. The second kappa shape index (κ2) is 9.37. The molecule has 1 saturated heterocycles. The van der Waals surface area contributed by atoms with E-state index in [4.69, 9.17) is 10.5 Å². The van der Waals surface area contributed by atoms with Crippen LogP contribution in [0.2, 0.25) is 0 Å². The molecular weight excluding hydrogens is 354 g/mol. The molecule has 0 atom stereocenters. The zero-order valence-electron chi connectivity index (χ0n) is 16.2. The lowest BCUT2D eigenvalue weighted by atomic mass is 10.0. The molecule has 2 amide bonds. The molecule has 2 N–H and O–H groups in total. The lowest BCUT2D eigenvalue weighted by Gasteiger charge is -2.37. The van der Waals surface area contributed by atoms with E-state index in [0.29, 0.717) is 11.3 Å². The van der Waals surface area contributed by atoms with Crippen molar-refractivity contribution in [1.82, 2.24) is 9.80 Å². The van der Waals surface area contributed by atoms with Crippen LogP contribution in [0.15, 0.2) is 54.6 Å². The molecule has 1 fully saturated rings. The summed E-state index contributed by atoms with van der Waals surface area (Å²) in [5, 5.41) is 0. The number of benzene rings is 2. The monoisotopic (exact) mass is 381 g/mol. The number of nitrogens with two attached hydrogens (primary N) is 1. The van der Waals surface area contributed by atoms with Crippen LogP contribution >= 0.6 is 0 Å². The minimum Gasteiger partial charge on any atom is -0.483 e. The van der Waals surface area contributed by atoms with Crippen LogP contribution in [0.1, 0.15) is 28.8 Å². The summed E-state index contributed by atoms with van der Waals surface area (Å²) in [5.74, 6) is -0.275. The van der Waals surface area contributed by atoms with Crippen LogP contribution in [-0.2, 0) is 11.3 Å². The Hall–Kier alpha value is -2.86. The number of likely N-dealkylation sites (tertiary alicyclic amines) is 1. The smallest absolute Gasteiger partial charge is 0.257 e. The van der Waals surface area contributed by atoms with Gasteiger partial charge in [0.15, 0.2) is 6.61 Å². The summed E-state index contributed by atoms with van der Waals surface area (Å²) < 4.78 is 5.41. The molecule has 3 rings (SSSR count). The number of hydrogen-bond acceptors (Lipinski definition) is 4. The summed E-state index contributed by atoms with van der Waals surface area (Å²) in [6.07, 6.45) is 1.86. The number of rotatable bonds is 7. The van der Waals surface area contributed by atoms with Crippen molar-refractivity contribution in [3.05, 3.63) is 65.7 Å². The van der Waals surface area contributed by atoms with Gasteiger partial charge in [-0.3, -0.25) is 14.5 Å². The van der Waals surface area contributed by atoms with Crippen molar-refractivity contribution in [3.8, 4) is 5.75 Å². The van der Waals surface area contributed by atoms with Gasteiger partial charge in [0.2, 0.25) is 0 Å². The molecule has 148 valence electrons. The van der Waals surface area contributed by atoms with Gasteiger partial charge in [-0.2, -0.15) is 0 Å². The highest BCUT2D eigenvalue weighted by Crippen LogP contribution is 2.23. The maximum Gasteiger partial charge on any atom is 0.257 e. The molecule has 2 aromatic rings. The Morgan fingerprint density at radius 2 is 1.71 bits per heavy atom. The molecular formula is C22H27N3O3.